The van der Waals surface area contributed by atoms with E-state index in [1.165, 1.54) is 31.2 Å². The zero-order chi connectivity index (χ0) is 17.9. The van der Waals surface area contributed by atoms with E-state index >= 15 is 0 Å². The van der Waals surface area contributed by atoms with Gasteiger partial charge >= 0.3 is 6.18 Å². The van der Waals surface area contributed by atoms with E-state index in [1.807, 2.05) is 6.07 Å². The first-order valence-corrected chi connectivity index (χ1v) is 6.77. The molecule has 0 fully saturated rings. The lowest BCUT2D eigenvalue weighted by Gasteiger charge is -2.18. The lowest BCUT2D eigenvalue weighted by molar-refractivity contribution is -0.137. The molecule has 0 amide bonds. The number of hydrogen-bond acceptors (Lipinski definition) is 3. The van der Waals surface area contributed by atoms with E-state index in [-0.39, 0.29) is 27.8 Å². The van der Waals surface area contributed by atoms with Crippen LogP contribution in [0, 0.1) is 36.0 Å². The van der Waals surface area contributed by atoms with Crippen LogP contribution in [0.15, 0.2) is 30.3 Å². The smallest absolute Gasteiger partial charge is 0.303 e. The topological polar surface area (TPSA) is 64.7 Å². The lowest BCUT2D eigenvalue weighted by atomic mass is 9.87. The van der Waals surface area contributed by atoms with Crippen molar-refractivity contribution in [1.82, 2.24) is 0 Å². The summed E-state index contributed by atoms with van der Waals surface area (Å²) in [5.41, 5.74) is -0.588. The van der Waals surface area contributed by atoms with Crippen LogP contribution in [0.3, 0.4) is 0 Å². The van der Waals surface area contributed by atoms with Crippen LogP contribution >= 0.6 is 0 Å². The predicted octanol–water partition coefficient (Wildman–Crippen LogP) is 4.18. The van der Waals surface area contributed by atoms with Crippen molar-refractivity contribution in [2.75, 3.05) is 0 Å². The third kappa shape index (κ3) is 3.13. The highest BCUT2D eigenvalue weighted by atomic mass is 19.4. The molecule has 0 aliphatic rings. The Hall–Kier alpha value is -3.12. The maximum Gasteiger partial charge on any atom is 0.417 e. The maximum absolute atomic E-state index is 13.5. The van der Waals surface area contributed by atoms with Crippen molar-refractivity contribution in [1.29, 1.82) is 10.5 Å². The molecule has 0 aromatic heterocycles. The van der Waals surface area contributed by atoms with E-state index in [4.69, 9.17) is 5.26 Å². The highest BCUT2D eigenvalue weighted by molar-refractivity contribution is 5.80. The Morgan fingerprint density at radius 2 is 1.71 bits per heavy atom. The van der Waals surface area contributed by atoms with Crippen molar-refractivity contribution in [3.8, 4) is 23.3 Å². The molecule has 2 aromatic carbocycles. The average Bonchev–Trinajstić information content (AvgIpc) is 2.55. The summed E-state index contributed by atoms with van der Waals surface area (Å²) in [6.07, 6.45) is -3.33. The minimum absolute atomic E-state index is 0.0475. The van der Waals surface area contributed by atoms with Gasteiger partial charge in [0.2, 0.25) is 0 Å². The van der Waals surface area contributed by atoms with Crippen LogP contribution < -0.4 is 0 Å². The van der Waals surface area contributed by atoms with Gasteiger partial charge in [-0.25, -0.2) is 0 Å². The first kappa shape index (κ1) is 17.2. The molecule has 6 heteroatoms. The summed E-state index contributed by atoms with van der Waals surface area (Å²) in [6.45, 7) is 1.49. The number of carbonyl (C=O) groups excluding carboxylic acids is 1. The predicted molar refractivity (Wildman–Crippen MR) is 80.5 cm³/mol. The highest BCUT2D eigenvalue weighted by Gasteiger charge is 2.36. The minimum atomic E-state index is -4.70. The number of carbonyl (C=O) groups is 1. The first-order valence-electron chi connectivity index (χ1n) is 6.77. The van der Waals surface area contributed by atoms with Crippen molar-refractivity contribution < 1.29 is 18.0 Å². The molecule has 0 atom stereocenters. The van der Waals surface area contributed by atoms with Gasteiger partial charge in [-0.2, -0.15) is 23.7 Å². The van der Waals surface area contributed by atoms with Gasteiger partial charge in [0, 0.05) is 5.56 Å². The second-order valence-corrected chi connectivity index (χ2v) is 4.99. The van der Waals surface area contributed by atoms with E-state index in [9.17, 15) is 23.2 Å². The van der Waals surface area contributed by atoms with Crippen LogP contribution in [0.4, 0.5) is 13.2 Å². The molecule has 119 valence electrons. The minimum Gasteiger partial charge on any atom is -0.303 e. The highest BCUT2D eigenvalue weighted by Crippen LogP contribution is 2.41. The van der Waals surface area contributed by atoms with E-state index in [0.29, 0.717) is 11.8 Å². The Morgan fingerprint density at radius 3 is 2.17 bits per heavy atom. The third-order valence-electron chi connectivity index (χ3n) is 3.59. The summed E-state index contributed by atoms with van der Waals surface area (Å²) in [6, 6.07) is 10.1. The second kappa shape index (κ2) is 6.55. The maximum atomic E-state index is 13.5. The molecule has 24 heavy (non-hydrogen) atoms. The van der Waals surface area contributed by atoms with E-state index < -0.39 is 11.7 Å². The van der Waals surface area contributed by atoms with Gasteiger partial charge < -0.3 is 4.79 Å². The molecule has 0 saturated heterocycles. The van der Waals surface area contributed by atoms with Crippen molar-refractivity contribution in [3.63, 3.8) is 0 Å². The Morgan fingerprint density at radius 1 is 1.08 bits per heavy atom. The summed E-state index contributed by atoms with van der Waals surface area (Å²) in [4.78, 5) is 10.7. The van der Waals surface area contributed by atoms with E-state index in [0.717, 1.165) is 12.5 Å². The van der Waals surface area contributed by atoms with Gasteiger partial charge in [-0.05, 0) is 41.8 Å². The van der Waals surface area contributed by atoms with Crippen LogP contribution in [-0.4, -0.2) is 6.29 Å². The molecule has 2 rings (SSSR count). The number of alkyl halides is 3. The Kier molecular flexibility index (Phi) is 4.71. The van der Waals surface area contributed by atoms with Gasteiger partial charge in [-0.1, -0.05) is 12.1 Å². The first-order chi connectivity index (χ1) is 11.3. The Balaban J connectivity index is 2.86. The third-order valence-corrected chi connectivity index (χ3v) is 3.59. The molecule has 3 nitrogen and oxygen atoms in total. The van der Waals surface area contributed by atoms with Crippen molar-refractivity contribution in [2.45, 2.75) is 13.1 Å². The van der Waals surface area contributed by atoms with Gasteiger partial charge in [0.15, 0.2) is 0 Å². The fraction of sp³-hybridized carbons (Fsp3) is 0.111. The Bertz CT molecular complexity index is 870. The molecular weight excluding hydrogens is 317 g/mol. The average molecular weight is 327 g/mol. The summed E-state index contributed by atoms with van der Waals surface area (Å²) in [7, 11) is 0. The summed E-state index contributed by atoms with van der Waals surface area (Å²) >= 11 is 0. The number of hydrogen-bond donors (Lipinski definition) is 0. The van der Waals surface area contributed by atoms with Crippen LogP contribution in [0.5, 0.6) is 0 Å². The largest absolute Gasteiger partial charge is 0.417 e. The van der Waals surface area contributed by atoms with E-state index in [2.05, 4.69) is 0 Å². The van der Waals surface area contributed by atoms with E-state index in [1.54, 1.807) is 6.07 Å². The summed E-state index contributed by atoms with van der Waals surface area (Å²) in [5, 5.41) is 18.2. The molecule has 0 aliphatic heterocycles. The number of rotatable bonds is 3. The monoisotopic (exact) mass is 327 g/mol. The van der Waals surface area contributed by atoms with Crippen molar-refractivity contribution in [2.24, 2.45) is 0 Å². The van der Waals surface area contributed by atoms with Crippen LogP contribution in [0.25, 0.3) is 11.1 Å². The normalized spacial score (nSPS) is 10.8. The molecule has 0 bridgehead atoms. The van der Waals surface area contributed by atoms with Gasteiger partial charge in [0.25, 0.3) is 0 Å². The SMILES string of the molecule is Cc1c([CH]C=O)cc(C(F)(F)F)c(-c2ccc(C#N)cc2)c1C#N. The number of nitriles is 2. The molecule has 0 aliphatic carbocycles. The number of benzene rings is 2. The number of aldehydes is 1. The van der Waals surface area contributed by atoms with Gasteiger partial charge in [0.1, 0.15) is 12.4 Å². The number of nitrogens with zero attached hydrogens (tertiary/aromatic N) is 2. The molecule has 0 N–H and O–H groups in total. The summed E-state index contributed by atoms with van der Waals surface area (Å²) in [5.74, 6) is 0. The van der Waals surface area contributed by atoms with Crippen molar-refractivity contribution in [3.05, 3.63) is 64.6 Å². The Labute approximate surface area is 136 Å². The van der Waals surface area contributed by atoms with Gasteiger partial charge in [0.05, 0.1) is 29.2 Å². The molecule has 0 unspecified atom stereocenters. The zero-order valence-electron chi connectivity index (χ0n) is 12.5. The van der Waals surface area contributed by atoms with Gasteiger partial charge in [-0.3, -0.25) is 0 Å². The summed E-state index contributed by atoms with van der Waals surface area (Å²) < 4.78 is 40.5. The van der Waals surface area contributed by atoms with Crippen LogP contribution in [0.1, 0.15) is 27.8 Å². The number of halogens is 3. The fourth-order valence-electron chi connectivity index (χ4n) is 2.42. The quantitative estimate of drug-likeness (QED) is 0.795. The molecule has 1 radical (unpaired) electrons. The fourth-order valence-corrected chi connectivity index (χ4v) is 2.42. The second-order valence-electron chi connectivity index (χ2n) is 4.99. The molecule has 2 aromatic rings. The molecule has 0 spiro atoms. The molecule has 0 heterocycles. The molecule has 0 saturated carbocycles. The molecular formula is C18H10F3N2O. The van der Waals surface area contributed by atoms with Crippen molar-refractivity contribution >= 4 is 6.29 Å². The van der Waals surface area contributed by atoms with Crippen LogP contribution in [-0.2, 0) is 11.0 Å². The zero-order valence-corrected chi connectivity index (χ0v) is 12.5. The standard InChI is InChI=1S/C18H10F3N2O/c1-11-14(6-7-24)8-16(18(19,20)21)17(15(11)10-23)13-4-2-12(9-22)3-5-13/h2-8H,1H3. The van der Waals surface area contributed by atoms with Crippen LogP contribution in [0.2, 0.25) is 0 Å². The van der Waals surface area contributed by atoms with Gasteiger partial charge in [-0.15, -0.1) is 0 Å². The lowest BCUT2D eigenvalue weighted by Crippen LogP contribution is -2.11.